The molecule has 0 spiro atoms. The minimum absolute atomic E-state index is 0.327. The minimum Gasteiger partial charge on any atom is -0.372 e. The number of ether oxygens (including phenoxy) is 2. The average molecular weight is 398 g/mol. The SMILES string of the molecule is CC(C)c1ccc2c(c1)CC[C@H]1[C@](C)(CN(CC3CO3)CC3CO3)CCC[C@]21C. The number of benzene rings is 1. The fourth-order valence-corrected chi connectivity index (χ4v) is 6.83. The van der Waals surface area contributed by atoms with Gasteiger partial charge in [-0.05, 0) is 65.0 Å². The highest BCUT2D eigenvalue weighted by atomic mass is 16.6. The molecular weight excluding hydrogens is 358 g/mol. The molecule has 160 valence electrons. The zero-order valence-corrected chi connectivity index (χ0v) is 18.9. The lowest BCUT2D eigenvalue weighted by molar-refractivity contribution is -0.00576. The molecule has 5 rings (SSSR count). The first kappa shape index (κ1) is 20.0. The van der Waals surface area contributed by atoms with Crippen LogP contribution in [0.15, 0.2) is 18.2 Å². The normalized spacial score (nSPS) is 38.1. The van der Waals surface area contributed by atoms with Gasteiger partial charge in [0.2, 0.25) is 0 Å². The molecule has 0 bridgehead atoms. The van der Waals surface area contributed by atoms with Crippen LogP contribution >= 0.6 is 0 Å². The fraction of sp³-hybridized carbons (Fsp3) is 0.769. The summed E-state index contributed by atoms with van der Waals surface area (Å²) in [5, 5.41) is 0. The maximum absolute atomic E-state index is 5.58. The van der Waals surface area contributed by atoms with E-state index in [0.717, 1.165) is 32.2 Å². The molecule has 0 N–H and O–H groups in total. The molecule has 2 saturated heterocycles. The molecule has 29 heavy (non-hydrogen) atoms. The Morgan fingerprint density at radius 1 is 1.07 bits per heavy atom. The predicted octanol–water partition coefficient (Wildman–Crippen LogP) is 4.92. The van der Waals surface area contributed by atoms with Crippen molar-refractivity contribution in [2.75, 3.05) is 32.8 Å². The first-order valence-electron chi connectivity index (χ1n) is 12.0. The van der Waals surface area contributed by atoms with Crippen molar-refractivity contribution in [2.45, 2.75) is 83.3 Å². The van der Waals surface area contributed by atoms with Gasteiger partial charge in [0.05, 0.1) is 25.4 Å². The molecule has 2 aliphatic heterocycles. The van der Waals surface area contributed by atoms with E-state index in [-0.39, 0.29) is 0 Å². The number of rotatable bonds is 7. The maximum Gasteiger partial charge on any atom is 0.0936 e. The van der Waals surface area contributed by atoms with Gasteiger partial charge in [-0.25, -0.2) is 0 Å². The average Bonchev–Trinajstić information content (AvgIpc) is 3.58. The van der Waals surface area contributed by atoms with Crippen LogP contribution in [-0.2, 0) is 21.3 Å². The molecule has 4 aliphatic rings. The van der Waals surface area contributed by atoms with Crippen molar-refractivity contribution in [3.8, 4) is 0 Å². The Hall–Kier alpha value is -0.900. The molecule has 2 unspecified atom stereocenters. The highest BCUT2D eigenvalue weighted by Gasteiger charge is 2.52. The van der Waals surface area contributed by atoms with Crippen LogP contribution in [0, 0.1) is 11.3 Å². The largest absolute Gasteiger partial charge is 0.372 e. The van der Waals surface area contributed by atoms with Crippen molar-refractivity contribution in [3.05, 3.63) is 34.9 Å². The standard InChI is InChI=1S/C26H39NO2/c1-18(2)19-6-8-23-20(12-19)7-9-24-25(3,10-5-11-26(23,24)4)17-27(13-21-15-28-21)14-22-16-29-22/h6,8,12,18,21-22,24H,5,7,9-11,13-17H2,1-4H3/t21?,22?,24-,25-,26+/m0/s1. The van der Waals surface area contributed by atoms with Crippen molar-refractivity contribution >= 4 is 0 Å². The molecule has 1 aromatic carbocycles. The van der Waals surface area contributed by atoms with Crippen LogP contribution in [0.25, 0.3) is 0 Å². The number of hydrogen-bond donors (Lipinski definition) is 0. The van der Waals surface area contributed by atoms with Gasteiger partial charge in [-0.15, -0.1) is 0 Å². The van der Waals surface area contributed by atoms with E-state index in [2.05, 4.69) is 50.8 Å². The second kappa shape index (κ2) is 7.35. The van der Waals surface area contributed by atoms with E-state index in [1.165, 1.54) is 44.2 Å². The quantitative estimate of drug-likeness (QED) is 0.611. The van der Waals surface area contributed by atoms with Crippen molar-refractivity contribution in [2.24, 2.45) is 11.3 Å². The number of aryl methyl sites for hydroxylation is 1. The van der Waals surface area contributed by atoms with Crippen LogP contribution in [0.5, 0.6) is 0 Å². The number of fused-ring (bicyclic) bond motifs is 3. The highest BCUT2D eigenvalue weighted by Crippen LogP contribution is 2.57. The molecule has 3 fully saturated rings. The Labute approximate surface area is 177 Å². The lowest BCUT2D eigenvalue weighted by Gasteiger charge is -2.56. The molecule has 2 aliphatic carbocycles. The Kier molecular flexibility index (Phi) is 5.08. The van der Waals surface area contributed by atoms with Gasteiger partial charge in [0.15, 0.2) is 0 Å². The van der Waals surface area contributed by atoms with Crippen molar-refractivity contribution < 1.29 is 9.47 Å². The van der Waals surface area contributed by atoms with Crippen LogP contribution in [0.4, 0.5) is 0 Å². The first-order valence-corrected chi connectivity index (χ1v) is 12.0. The van der Waals surface area contributed by atoms with Gasteiger partial charge in [0, 0.05) is 19.6 Å². The fourth-order valence-electron chi connectivity index (χ4n) is 6.83. The summed E-state index contributed by atoms with van der Waals surface area (Å²) in [4.78, 5) is 2.68. The van der Waals surface area contributed by atoms with Crippen LogP contribution in [-0.4, -0.2) is 50.0 Å². The molecule has 3 nitrogen and oxygen atoms in total. The van der Waals surface area contributed by atoms with Crippen LogP contribution < -0.4 is 0 Å². The van der Waals surface area contributed by atoms with Crippen molar-refractivity contribution in [1.82, 2.24) is 4.90 Å². The molecule has 0 radical (unpaired) electrons. The summed E-state index contributed by atoms with van der Waals surface area (Å²) in [6.45, 7) is 15.1. The van der Waals surface area contributed by atoms with Crippen LogP contribution in [0.3, 0.4) is 0 Å². The van der Waals surface area contributed by atoms with Crippen molar-refractivity contribution in [3.63, 3.8) is 0 Å². The minimum atomic E-state index is 0.327. The molecule has 5 atom stereocenters. The van der Waals surface area contributed by atoms with Crippen LogP contribution in [0.2, 0.25) is 0 Å². The molecule has 0 amide bonds. The van der Waals surface area contributed by atoms with Gasteiger partial charge in [0.1, 0.15) is 0 Å². The lowest BCUT2D eigenvalue weighted by Crippen LogP contribution is -2.54. The second-order valence-electron chi connectivity index (χ2n) is 11.2. The molecule has 3 heteroatoms. The topological polar surface area (TPSA) is 28.3 Å². The molecule has 1 aromatic rings. The van der Waals surface area contributed by atoms with Gasteiger partial charge in [-0.1, -0.05) is 52.3 Å². The van der Waals surface area contributed by atoms with E-state index in [0.29, 0.717) is 29.0 Å². The zero-order valence-electron chi connectivity index (χ0n) is 18.9. The smallest absolute Gasteiger partial charge is 0.0936 e. The Balaban J connectivity index is 1.40. The lowest BCUT2D eigenvalue weighted by atomic mass is 9.49. The molecule has 1 saturated carbocycles. The van der Waals surface area contributed by atoms with E-state index in [4.69, 9.17) is 9.47 Å². The summed E-state index contributed by atoms with van der Waals surface area (Å²) in [6, 6.07) is 7.43. The van der Waals surface area contributed by atoms with Gasteiger partial charge in [-0.3, -0.25) is 4.90 Å². The summed E-state index contributed by atoms with van der Waals surface area (Å²) in [5.74, 6) is 1.38. The van der Waals surface area contributed by atoms with E-state index in [1.54, 1.807) is 11.1 Å². The number of nitrogens with zero attached hydrogens (tertiary/aromatic N) is 1. The van der Waals surface area contributed by atoms with Gasteiger partial charge >= 0.3 is 0 Å². The van der Waals surface area contributed by atoms with E-state index < -0.39 is 0 Å². The highest BCUT2D eigenvalue weighted by molar-refractivity contribution is 5.42. The predicted molar refractivity (Wildman–Crippen MR) is 118 cm³/mol. The van der Waals surface area contributed by atoms with E-state index >= 15 is 0 Å². The van der Waals surface area contributed by atoms with Crippen LogP contribution in [0.1, 0.15) is 76.0 Å². The van der Waals surface area contributed by atoms with E-state index in [1.807, 2.05) is 0 Å². The second-order valence-corrected chi connectivity index (χ2v) is 11.2. The summed E-state index contributed by atoms with van der Waals surface area (Å²) < 4.78 is 11.2. The monoisotopic (exact) mass is 397 g/mol. The summed E-state index contributed by atoms with van der Waals surface area (Å²) >= 11 is 0. The number of hydrogen-bond acceptors (Lipinski definition) is 3. The molecular formula is C26H39NO2. The summed E-state index contributed by atoms with van der Waals surface area (Å²) in [6.07, 6.45) is 7.59. The molecule has 2 heterocycles. The van der Waals surface area contributed by atoms with Gasteiger partial charge in [-0.2, -0.15) is 0 Å². The molecule has 0 aromatic heterocycles. The zero-order chi connectivity index (χ0) is 20.2. The van der Waals surface area contributed by atoms with Gasteiger partial charge in [0.25, 0.3) is 0 Å². The number of epoxide rings is 2. The Morgan fingerprint density at radius 3 is 2.38 bits per heavy atom. The summed E-state index contributed by atoms with van der Waals surface area (Å²) in [7, 11) is 0. The summed E-state index contributed by atoms with van der Waals surface area (Å²) in [5.41, 5.74) is 5.50. The van der Waals surface area contributed by atoms with Crippen molar-refractivity contribution in [1.29, 1.82) is 0 Å². The third kappa shape index (κ3) is 3.91. The first-order chi connectivity index (χ1) is 13.9. The Bertz CT molecular complexity index is 739. The van der Waals surface area contributed by atoms with E-state index in [9.17, 15) is 0 Å². The maximum atomic E-state index is 5.58. The third-order valence-electron chi connectivity index (χ3n) is 8.48. The van der Waals surface area contributed by atoms with Gasteiger partial charge < -0.3 is 9.47 Å². The Morgan fingerprint density at radius 2 is 1.76 bits per heavy atom. The third-order valence-corrected chi connectivity index (χ3v) is 8.48.